The smallest absolute Gasteiger partial charge is 0.264 e. The third-order valence-corrected chi connectivity index (χ3v) is 9.00. The SMILES string of the molecule is CCC(Sc1nc(-c2ccccc2)cc(-c2ccc(OC)cc2)c1C#N)C(=O)Nc1ccc(S(=O)(=O)NC(C)=O)cc1. The largest absolute Gasteiger partial charge is 0.497 e. The highest BCUT2D eigenvalue weighted by molar-refractivity contribution is 8.00. The van der Waals surface area contributed by atoms with Gasteiger partial charge in [-0.3, -0.25) is 9.59 Å². The number of carbonyl (C=O) groups excluding carboxylic acids is 2. The van der Waals surface area contributed by atoms with E-state index >= 15 is 0 Å². The predicted molar refractivity (Wildman–Crippen MR) is 162 cm³/mol. The number of benzene rings is 3. The number of anilines is 1. The van der Waals surface area contributed by atoms with E-state index < -0.39 is 21.2 Å². The van der Waals surface area contributed by atoms with Crippen molar-refractivity contribution in [2.75, 3.05) is 12.4 Å². The van der Waals surface area contributed by atoms with Gasteiger partial charge in [-0.25, -0.2) is 18.1 Å². The van der Waals surface area contributed by atoms with Gasteiger partial charge in [0.1, 0.15) is 16.8 Å². The molecule has 0 spiro atoms. The number of pyridine rings is 1. The highest BCUT2D eigenvalue weighted by Crippen LogP contribution is 2.37. The zero-order valence-corrected chi connectivity index (χ0v) is 24.8. The topological polar surface area (TPSA) is 138 Å². The molecule has 1 aromatic heterocycles. The number of nitrogens with zero attached hydrogens (tertiary/aromatic N) is 2. The summed E-state index contributed by atoms with van der Waals surface area (Å²) >= 11 is 1.19. The molecule has 4 rings (SSSR count). The third kappa shape index (κ3) is 7.15. The molecule has 0 saturated heterocycles. The maximum absolute atomic E-state index is 13.3. The molecule has 1 unspecified atom stereocenters. The number of carbonyl (C=O) groups is 2. The van der Waals surface area contributed by atoms with Crippen molar-refractivity contribution in [3.63, 3.8) is 0 Å². The Morgan fingerprint density at radius 1 is 1.00 bits per heavy atom. The van der Waals surface area contributed by atoms with Gasteiger partial charge in [-0.15, -0.1) is 0 Å². The summed E-state index contributed by atoms with van der Waals surface area (Å²) < 4.78 is 31.6. The summed E-state index contributed by atoms with van der Waals surface area (Å²) in [5, 5.41) is 12.8. The number of hydrogen-bond acceptors (Lipinski definition) is 8. The van der Waals surface area contributed by atoms with E-state index in [1.54, 1.807) is 7.11 Å². The number of ether oxygens (including phenoxy) is 1. The fourth-order valence-electron chi connectivity index (χ4n) is 4.12. The van der Waals surface area contributed by atoms with Crippen LogP contribution in [0.3, 0.4) is 0 Å². The van der Waals surface area contributed by atoms with Crippen molar-refractivity contribution >= 4 is 39.3 Å². The van der Waals surface area contributed by atoms with E-state index in [0.717, 1.165) is 18.1 Å². The third-order valence-electron chi connectivity index (χ3n) is 6.20. The predicted octanol–water partition coefficient (Wildman–Crippen LogP) is 5.63. The van der Waals surface area contributed by atoms with Gasteiger partial charge in [-0.05, 0) is 54.4 Å². The van der Waals surface area contributed by atoms with E-state index in [1.165, 1.54) is 36.0 Å². The first-order chi connectivity index (χ1) is 20.1. The number of hydrogen-bond donors (Lipinski definition) is 2. The zero-order chi connectivity index (χ0) is 30.3. The second-order valence-corrected chi connectivity index (χ2v) is 12.0. The van der Waals surface area contributed by atoms with Gasteiger partial charge in [0.05, 0.1) is 28.5 Å². The van der Waals surface area contributed by atoms with Crippen LogP contribution in [-0.2, 0) is 19.6 Å². The van der Waals surface area contributed by atoms with Crippen molar-refractivity contribution < 1.29 is 22.7 Å². The summed E-state index contributed by atoms with van der Waals surface area (Å²) in [6.45, 7) is 2.97. The van der Waals surface area contributed by atoms with Crippen molar-refractivity contribution in [2.45, 2.75) is 35.4 Å². The summed E-state index contributed by atoms with van der Waals surface area (Å²) in [5.41, 5.74) is 3.75. The Morgan fingerprint density at radius 2 is 1.67 bits per heavy atom. The van der Waals surface area contributed by atoms with Gasteiger partial charge < -0.3 is 10.1 Å². The standard InChI is InChI=1S/C31H28N4O5S2/c1-4-29(30(37)33-23-12-16-25(17-13-23)42(38,39)35-20(2)36)41-31-27(19-32)26(21-10-14-24(40-3)15-11-21)18-28(34-31)22-8-6-5-7-9-22/h5-18,29H,4H2,1-3H3,(H,33,37)(H,35,36). The van der Waals surface area contributed by atoms with Gasteiger partial charge in [0.15, 0.2) is 0 Å². The lowest BCUT2D eigenvalue weighted by Gasteiger charge is -2.18. The lowest BCUT2D eigenvalue weighted by atomic mass is 9.99. The average molecular weight is 601 g/mol. The lowest BCUT2D eigenvalue weighted by molar-refractivity contribution is -0.117. The Hall–Kier alpha value is -4.66. The molecule has 42 heavy (non-hydrogen) atoms. The molecule has 11 heteroatoms. The van der Waals surface area contributed by atoms with E-state index in [1.807, 2.05) is 72.3 Å². The highest BCUT2D eigenvalue weighted by Gasteiger charge is 2.24. The molecule has 0 aliphatic heterocycles. The van der Waals surface area contributed by atoms with Crippen LogP contribution in [0.1, 0.15) is 25.8 Å². The molecule has 1 heterocycles. The minimum Gasteiger partial charge on any atom is -0.497 e. The molecule has 2 N–H and O–H groups in total. The number of aromatic nitrogens is 1. The molecular weight excluding hydrogens is 572 g/mol. The van der Waals surface area contributed by atoms with Gasteiger partial charge >= 0.3 is 0 Å². The summed E-state index contributed by atoms with van der Waals surface area (Å²) in [7, 11) is -2.41. The number of sulfonamides is 1. The van der Waals surface area contributed by atoms with Crippen molar-refractivity contribution in [1.82, 2.24) is 9.71 Å². The summed E-state index contributed by atoms with van der Waals surface area (Å²) in [6.07, 6.45) is 0.436. The van der Waals surface area contributed by atoms with Crippen LogP contribution in [-0.4, -0.2) is 37.6 Å². The van der Waals surface area contributed by atoms with Crippen molar-refractivity contribution in [3.05, 3.63) is 90.5 Å². The van der Waals surface area contributed by atoms with Gasteiger partial charge in [-0.2, -0.15) is 5.26 Å². The maximum atomic E-state index is 13.3. The number of amides is 2. The van der Waals surface area contributed by atoms with Crippen LogP contribution in [0.25, 0.3) is 22.4 Å². The van der Waals surface area contributed by atoms with E-state index in [2.05, 4.69) is 11.4 Å². The quantitative estimate of drug-likeness (QED) is 0.223. The second-order valence-electron chi connectivity index (χ2n) is 9.13. The Kier molecular flexibility index (Phi) is 9.62. The molecule has 0 bridgehead atoms. The molecule has 2 amide bonds. The summed E-state index contributed by atoms with van der Waals surface area (Å²) in [5.74, 6) is -0.346. The van der Waals surface area contributed by atoms with E-state index in [0.29, 0.717) is 39.7 Å². The normalized spacial score (nSPS) is 11.7. The van der Waals surface area contributed by atoms with E-state index in [9.17, 15) is 23.3 Å². The van der Waals surface area contributed by atoms with Gasteiger partial charge in [-0.1, -0.05) is 61.2 Å². The van der Waals surface area contributed by atoms with Crippen LogP contribution >= 0.6 is 11.8 Å². The lowest BCUT2D eigenvalue weighted by Crippen LogP contribution is -2.28. The highest BCUT2D eigenvalue weighted by atomic mass is 32.2. The van der Waals surface area contributed by atoms with Crippen molar-refractivity contribution in [1.29, 1.82) is 5.26 Å². The first kappa shape index (κ1) is 30.3. The Bertz CT molecular complexity index is 1740. The molecule has 3 aromatic carbocycles. The van der Waals surface area contributed by atoms with Crippen LogP contribution in [0, 0.1) is 11.3 Å². The second kappa shape index (κ2) is 13.3. The van der Waals surface area contributed by atoms with E-state index in [-0.39, 0.29) is 10.8 Å². The first-order valence-corrected chi connectivity index (χ1v) is 15.3. The molecule has 0 saturated carbocycles. The fraction of sp³-hybridized carbons (Fsp3) is 0.161. The number of methoxy groups -OCH3 is 1. The summed E-state index contributed by atoms with van der Waals surface area (Å²) in [6, 6.07) is 26.6. The number of nitrogens with one attached hydrogen (secondary N) is 2. The molecule has 0 aliphatic rings. The Labute approximate surface area is 249 Å². The van der Waals surface area contributed by atoms with Crippen molar-refractivity contribution in [2.24, 2.45) is 0 Å². The Morgan fingerprint density at radius 3 is 2.24 bits per heavy atom. The van der Waals surface area contributed by atoms with Crippen LogP contribution in [0.2, 0.25) is 0 Å². The molecular formula is C31H28N4O5S2. The number of rotatable bonds is 10. The van der Waals surface area contributed by atoms with Crippen LogP contribution in [0.4, 0.5) is 5.69 Å². The Balaban J connectivity index is 1.66. The van der Waals surface area contributed by atoms with Crippen molar-refractivity contribution in [3.8, 4) is 34.2 Å². The molecule has 4 aromatic rings. The van der Waals surface area contributed by atoms with Gasteiger partial charge in [0, 0.05) is 23.7 Å². The molecule has 214 valence electrons. The molecule has 0 aliphatic carbocycles. The van der Waals surface area contributed by atoms with Crippen LogP contribution in [0.5, 0.6) is 5.75 Å². The molecule has 9 nitrogen and oxygen atoms in total. The summed E-state index contributed by atoms with van der Waals surface area (Å²) in [4.78, 5) is 29.2. The monoisotopic (exact) mass is 600 g/mol. The van der Waals surface area contributed by atoms with Gasteiger partial charge in [0.25, 0.3) is 10.0 Å². The molecule has 0 fully saturated rings. The van der Waals surface area contributed by atoms with Gasteiger partial charge in [0.2, 0.25) is 11.8 Å². The molecule has 0 radical (unpaired) electrons. The minimum absolute atomic E-state index is 0.108. The minimum atomic E-state index is -3.99. The van der Waals surface area contributed by atoms with E-state index in [4.69, 9.17) is 9.72 Å². The average Bonchev–Trinajstić information content (AvgIpc) is 2.99. The zero-order valence-electron chi connectivity index (χ0n) is 23.1. The number of nitriles is 1. The maximum Gasteiger partial charge on any atom is 0.264 e. The van der Waals surface area contributed by atoms with Crippen LogP contribution in [0.15, 0.2) is 94.9 Å². The van der Waals surface area contributed by atoms with Crippen LogP contribution < -0.4 is 14.8 Å². The first-order valence-electron chi connectivity index (χ1n) is 12.9. The number of thioether (sulfide) groups is 1. The molecule has 1 atom stereocenters. The fourth-order valence-corrected chi connectivity index (χ4v) is 6.13.